The third kappa shape index (κ3) is 2.60. The van der Waals surface area contributed by atoms with Crippen molar-refractivity contribution < 1.29 is 17.7 Å². The Labute approximate surface area is 119 Å². The smallest absolute Gasteiger partial charge is 0.399 e. The zero-order chi connectivity index (χ0) is 15.3. The van der Waals surface area contributed by atoms with Crippen LogP contribution in [0.1, 0.15) is 33.3 Å². The van der Waals surface area contributed by atoms with E-state index in [-0.39, 0.29) is 5.03 Å². The maximum absolute atomic E-state index is 11.3. The van der Waals surface area contributed by atoms with E-state index >= 15 is 0 Å². The van der Waals surface area contributed by atoms with Gasteiger partial charge in [-0.3, -0.25) is 0 Å². The average Bonchev–Trinajstić information content (AvgIpc) is 2.46. The van der Waals surface area contributed by atoms with Gasteiger partial charge in [0.05, 0.1) is 11.2 Å². The molecule has 1 aromatic heterocycles. The summed E-state index contributed by atoms with van der Waals surface area (Å²) in [7, 11) is -4.37. The lowest BCUT2D eigenvalue weighted by Crippen LogP contribution is -2.41. The zero-order valence-electron chi connectivity index (χ0n) is 12.3. The molecule has 110 valence electrons. The SMILES string of the molecule is Cc1cc(S(N)(=O)=O)ncc1B1OC(C)(C)C(C)(C)O1. The molecule has 2 rings (SSSR count). The van der Waals surface area contributed by atoms with E-state index in [1.54, 1.807) is 6.92 Å². The minimum Gasteiger partial charge on any atom is -0.399 e. The normalized spacial score (nSPS) is 21.2. The number of hydrogen-bond donors (Lipinski definition) is 1. The molecule has 0 saturated carbocycles. The van der Waals surface area contributed by atoms with Gasteiger partial charge in [-0.05, 0) is 46.2 Å². The second-order valence-electron chi connectivity index (χ2n) is 6.01. The van der Waals surface area contributed by atoms with E-state index in [2.05, 4.69) is 4.98 Å². The van der Waals surface area contributed by atoms with Crippen molar-refractivity contribution in [2.45, 2.75) is 50.8 Å². The first-order valence-electron chi connectivity index (χ1n) is 6.29. The minimum atomic E-state index is -3.80. The fourth-order valence-electron chi connectivity index (χ4n) is 1.91. The van der Waals surface area contributed by atoms with Crippen LogP contribution in [0.3, 0.4) is 0 Å². The number of nitrogens with zero attached hydrogens (tertiary/aromatic N) is 1. The van der Waals surface area contributed by atoms with Crippen molar-refractivity contribution in [3.63, 3.8) is 0 Å². The van der Waals surface area contributed by atoms with Gasteiger partial charge < -0.3 is 9.31 Å². The third-order valence-electron chi connectivity index (χ3n) is 3.92. The maximum Gasteiger partial charge on any atom is 0.496 e. The first-order valence-corrected chi connectivity index (χ1v) is 7.84. The quantitative estimate of drug-likeness (QED) is 0.795. The number of aromatic nitrogens is 1. The molecule has 8 heteroatoms. The van der Waals surface area contributed by atoms with Gasteiger partial charge in [0.15, 0.2) is 5.03 Å². The Morgan fingerprint density at radius 1 is 1.20 bits per heavy atom. The van der Waals surface area contributed by atoms with Gasteiger partial charge >= 0.3 is 7.12 Å². The second kappa shape index (κ2) is 4.52. The van der Waals surface area contributed by atoms with Gasteiger partial charge in [0.2, 0.25) is 0 Å². The molecule has 6 nitrogen and oxygen atoms in total. The van der Waals surface area contributed by atoms with Crippen molar-refractivity contribution in [1.82, 2.24) is 4.98 Å². The van der Waals surface area contributed by atoms with E-state index in [4.69, 9.17) is 14.4 Å². The van der Waals surface area contributed by atoms with Crippen LogP contribution in [0, 0.1) is 6.92 Å². The van der Waals surface area contributed by atoms with Crippen LogP contribution in [0.15, 0.2) is 17.3 Å². The number of sulfonamides is 1. The van der Waals surface area contributed by atoms with Crippen LogP contribution in [0.5, 0.6) is 0 Å². The number of aryl methyl sites for hydroxylation is 1. The molecule has 2 heterocycles. The number of pyridine rings is 1. The molecule has 20 heavy (non-hydrogen) atoms. The van der Waals surface area contributed by atoms with E-state index in [9.17, 15) is 8.42 Å². The van der Waals surface area contributed by atoms with E-state index < -0.39 is 28.3 Å². The van der Waals surface area contributed by atoms with Gasteiger partial charge in [0, 0.05) is 11.7 Å². The molecule has 1 aliphatic rings. The van der Waals surface area contributed by atoms with Crippen LogP contribution >= 0.6 is 0 Å². The molecular formula is C12H19BN2O4S. The molecule has 0 aromatic carbocycles. The first kappa shape index (κ1) is 15.4. The summed E-state index contributed by atoms with van der Waals surface area (Å²) < 4.78 is 34.4. The summed E-state index contributed by atoms with van der Waals surface area (Å²) in [5, 5.41) is 4.91. The van der Waals surface area contributed by atoms with Crippen molar-refractivity contribution in [3.05, 3.63) is 17.8 Å². The molecular weight excluding hydrogens is 279 g/mol. The van der Waals surface area contributed by atoms with Gasteiger partial charge in [-0.2, -0.15) is 0 Å². The highest BCUT2D eigenvalue weighted by atomic mass is 32.2. The number of hydrogen-bond acceptors (Lipinski definition) is 5. The Balaban J connectivity index is 2.37. The highest BCUT2D eigenvalue weighted by molar-refractivity contribution is 7.89. The lowest BCUT2D eigenvalue weighted by molar-refractivity contribution is 0.00578. The molecule has 0 aliphatic carbocycles. The van der Waals surface area contributed by atoms with Crippen molar-refractivity contribution >= 4 is 22.6 Å². The Kier molecular flexibility index (Phi) is 3.49. The Bertz CT molecular complexity index is 627. The minimum absolute atomic E-state index is 0.157. The van der Waals surface area contributed by atoms with Gasteiger partial charge in [-0.25, -0.2) is 18.5 Å². The lowest BCUT2D eigenvalue weighted by atomic mass is 9.77. The molecule has 1 fully saturated rings. The summed E-state index contributed by atoms with van der Waals surface area (Å²) in [5.41, 5.74) is 0.504. The molecule has 0 bridgehead atoms. The number of rotatable bonds is 2. The molecule has 1 aromatic rings. The summed E-state index contributed by atoms with van der Waals surface area (Å²) in [4.78, 5) is 3.88. The van der Waals surface area contributed by atoms with Crippen LogP contribution in [0.4, 0.5) is 0 Å². The fourth-order valence-corrected chi connectivity index (χ4v) is 2.45. The molecule has 0 spiro atoms. The molecule has 0 amide bonds. The van der Waals surface area contributed by atoms with Crippen LogP contribution in [0.25, 0.3) is 0 Å². The monoisotopic (exact) mass is 298 g/mol. The van der Waals surface area contributed by atoms with E-state index in [0.29, 0.717) is 11.0 Å². The van der Waals surface area contributed by atoms with Crippen LogP contribution < -0.4 is 10.6 Å². The van der Waals surface area contributed by atoms with Gasteiger partial charge in [-0.1, -0.05) is 0 Å². The highest BCUT2D eigenvalue weighted by Crippen LogP contribution is 2.36. The Morgan fingerprint density at radius 2 is 1.70 bits per heavy atom. The van der Waals surface area contributed by atoms with Gasteiger partial charge in [0.25, 0.3) is 10.0 Å². The van der Waals surface area contributed by atoms with Crippen molar-refractivity contribution in [3.8, 4) is 0 Å². The summed E-state index contributed by atoms with van der Waals surface area (Å²) in [6.07, 6.45) is 1.44. The van der Waals surface area contributed by atoms with E-state index in [1.165, 1.54) is 12.3 Å². The highest BCUT2D eigenvalue weighted by Gasteiger charge is 2.52. The summed E-state index contributed by atoms with van der Waals surface area (Å²) in [5.74, 6) is 0. The summed E-state index contributed by atoms with van der Waals surface area (Å²) >= 11 is 0. The molecule has 0 radical (unpaired) electrons. The van der Waals surface area contributed by atoms with Crippen molar-refractivity contribution in [1.29, 1.82) is 0 Å². The maximum atomic E-state index is 11.3. The summed E-state index contributed by atoms with van der Waals surface area (Å²) in [6.45, 7) is 9.59. The Morgan fingerprint density at radius 3 is 2.10 bits per heavy atom. The zero-order valence-corrected chi connectivity index (χ0v) is 13.1. The van der Waals surface area contributed by atoms with E-state index in [0.717, 1.165) is 0 Å². The third-order valence-corrected chi connectivity index (χ3v) is 4.73. The lowest BCUT2D eigenvalue weighted by Gasteiger charge is -2.32. The summed E-state index contributed by atoms with van der Waals surface area (Å²) in [6, 6.07) is 1.43. The van der Waals surface area contributed by atoms with Crippen LogP contribution in [-0.2, 0) is 19.3 Å². The number of nitrogens with two attached hydrogens (primary N) is 1. The Hall–Kier alpha value is -0.955. The standard InChI is InChI=1S/C12H19BN2O4S/c1-8-6-10(20(14,16)17)15-7-9(8)13-18-11(2,3)12(4,5)19-13/h6-7H,1-5H3,(H2,14,16,17). The first-order chi connectivity index (χ1) is 8.94. The number of primary sulfonamides is 1. The molecule has 1 aliphatic heterocycles. The van der Waals surface area contributed by atoms with Crippen LogP contribution in [-0.4, -0.2) is 31.7 Å². The van der Waals surface area contributed by atoms with Gasteiger partial charge in [-0.15, -0.1) is 0 Å². The second-order valence-corrected chi connectivity index (χ2v) is 7.52. The largest absolute Gasteiger partial charge is 0.496 e. The molecule has 0 unspecified atom stereocenters. The molecule has 0 atom stereocenters. The van der Waals surface area contributed by atoms with Crippen molar-refractivity contribution in [2.75, 3.05) is 0 Å². The molecule has 2 N–H and O–H groups in total. The average molecular weight is 298 g/mol. The molecule has 1 saturated heterocycles. The predicted octanol–water partition coefficient (Wildman–Crippen LogP) is 0.337. The van der Waals surface area contributed by atoms with E-state index in [1.807, 2.05) is 27.7 Å². The van der Waals surface area contributed by atoms with Crippen LogP contribution in [0.2, 0.25) is 0 Å². The van der Waals surface area contributed by atoms with Gasteiger partial charge in [0.1, 0.15) is 0 Å². The predicted molar refractivity (Wildman–Crippen MR) is 76.1 cm³/mol. The topological polar surface area (TPSA) is 91.5 Å². The fraction of sp³-hybridized carbons (Fsp3) is 0.583. The van der Waals surface area contributed by atoms with Crippen molar-refractivity contribution in [2.24, 2.45) is 5.14 Å².